The van der Waals surface area contributed by atoms with Crippen LogP contribution in [-0.4, -0.2) is 82.9 Å². The number of ether oxygens (including phenoxy) is 2. The molecule has 9 heteroatoms. The number of anilines is 1. The summed E-state index contributed by atoms with van der Waals surface area (Å²) in [6, 6.07) is 4.02. The smallest absolute Gasteiger partial charge is 0.410 e. The third-order valence-electron chi connectivity index (χ3n) is 7.14. The van der Waals surface area contributed by atoms with E-state index in [-0.39, 0.29) is 11.6 Å². The minimum absolute atomic E-state index is 0.172. The lowest BCUT2D eigenvalue weighted by molar-refractivity contribution is 0.0240. The lowest BCUT2D eigenvalue weighted by Gasteiger charge is -2.37. The second kappa shape index (κ2) is 9.15. The molecule has 2 aromatic heterocycles. The molecule has 1 amide bonds. The first-order valence-corrected chi connectivity index (χ1v) is 13.1. The second-order valence-electron chi connectivity index (χ2n) is 10.7. The van der Waals surface area contributed by atoms with Crippen molar-refractivity contribution in [2.45, 2.75) is 57.6 Å². The fourth-order valence-electron chi connectivity index (χ4n) is 5.49. The lowest BCUT2D eigenvalue weighted by Crippen LogP contribution is -2.50. The standard InChI is InChI=1S/C25H34BrN5O3/c1-24(2,3)34-23(32)30-12-10-29(11-13-30)20-15-21(28-19-14-18(26)16-27-22(19)20)33-17-25-6-4-8-31(25)9-5-7-25/h14-16H,4-13,17H2,1-3H3. The molecule has 8 nitrogen and oxygen atoms in total. The molecule has 0 aliphatic carbocycles. The number of hydrogen-bond donors (Lipinski definition) is 0. The molecule has 5 heterocycles. The number of fused-ring (bicyclic) bond motifs is 2. The van der Waals surface area contributed by atoms with E-state index in [1.54, 1.807) is 11.1 Å². The van der Waals surface area contributed by atoms with Crippen LogP contribution in [0.1, 0.15) is 46.5 Å². The van der Waals surface area contributed by atoms with Gasteiger partial charge in [0.1, 0.15) is 17.7 Å². The van der Waals surface area contributed by atoms with Crippen molar-refractivity contribution in [3.8, 4) is 5.88 Å². The molecule has 0 unspecified atom stereocenters. The van der Waals surface area contributed by atoms with Crippen molar-refractivity contribution in [3.63, 3.8) is 0 Å². The first-order chi connectivity index (χ1) is 16.2. The van der Waals surface area contributed by atoms with Gasteiger partial charge in [-0.1, -0.05) is 0 Å². The van der Waals surface area contributed by atoms with Crippen molar-refractivity contribution in [3.05, 3.63) is 22.8 Å². The number of carbonyl (C=O) groups is 1. The topological polar surface area (TPSA) is 71.0 Å². The van der Waals surface area contributed by atoms with Crippen LogP contribution in [0.4, 0.5) is 10.5 Å². The fourth-order valence-corrected chi connectivity index (χ4v) is 5.81. The number of piperazine rings is 1. The van der Waals surface area contributed by atoms with E-state index in [0.29, 0.717) is 38.7 Å². The number of rotatable bonds is 4. The zero-order valence-corrected chi connectivity index (χ0v) is 21.9. The normalized spacial score (nSPS) is 20.6. The van der Waals surface area contributed by atoms with E-state index in [2.05, 4.69) is 30.7 Å². The molecule has 0 spiro atoms. The van der Waals surface area contributed by atoms with E-state index in [1.807, 2.05) is 32.9 Å². The highest BCUT2D eigenvalue weighted by Gasteiger charge is 2.45. The van der Waals surface area contributed by atoms with Gasteiger partial charge in [0, 0.05) is 42.9 Å². The molecule has 5 rings (SSSR count). The van der Waals surface area contributed by atoms with E-state index in [1.165, 1.54) is 38.8 Å². The lowest BCUT2D eigenvalue weighted by atomic mass is 9.95. The average molecular weight is 532 g/mol. The third kappa shape index (κ3) is 4.82. The Morgan fingerprint density at radius 2 is 1.79 bits per heavy atom. The van der Waals surface area contributed by atoms with Crippen molar-refractivity contribution >= 4 is 38.7 Å². The number of nitrogens with zero attached hydrogens (tertiary/aromatic N) is 5. The van der Waals surface area contributed by atoms with Crippen LogP contribution < -0.4 is 9.64 Å². The predicted octanol–water partition coefficient (Wildman–Crippen LogP) is 4.46. The van der Waals surface area contributed by atoms with Crippen molar-refractivity contribution in [1.82, 2.24) is 19.8 Å². The van der Waals surface area contributed by atoms with E-state index in [0.717, 1.165) is 21.2 Å². The van der Waals surface area contributed by atoms with Crippen molar-refractivity contribution in [2.24, 2.45) is 0 Å². The summed E-state index contributed by atoms with van der Waals surface area (Å²) in [6.45, 7) is 11.3. The highest BCUT2D eigenvalue weighted by atomic mass is 79.9. The Morgan fingerprint density at radius 1 is 1.09 bits per heavy atom. The Hall–Kier alpha value is -2.13. The Labute approximate surface area is 209 Å². The molecule has 184 valence electrons. The maximum absolute atomic E-state index is 12.5. The monoisotopic (exact) mass is 531 g/mol. The molecular formula is C25H34BrN5O3. The highest BCUT2D eigenvalue weighted by Crippen LogP contribution is 2.39. The van der Waals surface area contributed by atoms with Crippen LogP contribution in [-0.2, 0) is 4.74 Å². The minimum atomic E-state index is -0.493. The Balaban J connectivity index is 1.35. The Bertz CT molecular complexity index is 1050. The van der Waals surface area contributed by atoms with Gasteiger partial charge in [-0.2, -0.15) is 0 Å². The molecule has 34 heavy (non-hydrogen) atoms. The molecule has 0 saturated carbocycles. The molecule has 3 fully saturated rings. The van der Waals surface area contributed by atoms with E-state index >= 15 is 0 Å². The van der Waals surface area contributed by atoms with E-state index in [4.69, 9.17) is 14.5 Å². The molecule has 3 aliphatic heterocycles. The molecule has 0 aromatic carbocycles. The second-order valence-corrected chi connectivity index (χ2v) is 11.6. The summed E-state index contributed by atoms with van der Waals surface area (Å²) in [5.41, 5.74) is 2.34. The fraction of sp³-hybridized carbons (Fsp3) is 0.640. The van der Waals surface area contributed by atoms with Crippen LogP contribution in [0.25, 0.3) is 11.0 Å². The zero-order chi connectivity index (χ0) is 23.9. The molecule has 0 radical (unpaired) electrons. The van der Waals surface area contributed by atoms with Crippen LogP contribution in [0.2, 0.25) is 0 Å². The van der Waals surface area contributed by atoms with Gasteiger partial charge in [0.05, 0.1) is 16.7 Å². The number of aromatic nitrogens is 2. The summed E-state index contributed by atoms with van der Waals surface area (Å²) in [5, 5.41) is 0. The SMILES string of the molecule is CC(C)(C)OC(=O)N1CCN(c2cc(OCC34CCCN3CCC4)nc3cc(Br)cnc23)CC1. The van der Waals surface area contributed by atoms with Gasteiger partial charge in [0.15, 0.2) is 0 Å². The van der Waals surface area contributed by atoms with Crippen LogP contribution in [0.3, 0.4) is 0 Å². The molecular weight excluding hydrogens is 498 g/mol. The predicted molar refractivity (Wildman–Crippen MR) is 136 cm³/mol. The number of carbonyl (C=O) groups excluding carboxylic acids is 1. The summed E-state index contributed by atoms with van der Waals surface area (Å²) >= 11 is 3.53. The molecule has 0 bridgehead atoms. The quantitative estimate of drug-likeness (QED) is 0.576. The summed E-state index contributed by atoms with van der Waals surface area (Å²) in [7, 11) is 0. The molecule has 2 aromatic rings. The molecule has 0 N–H and O–H groups in total. The van der Waals surface area contributed by atoms with Gasteiger partial charge in [-0.3, -0.25) is 9.88 Å². The van der Waals surface area contributed by atoms with Gasteiger partial charge < -0.3 is 19.3 Å². The van der Waals surface area contributed by atoms with Gasteiger partial charge >= 0.3 is 6.09 Å². The maximum atomic E-state index is 12.5. The molecule has 0 atom stereocenters. The first kappa shape index (κ1) is 23.6. The van der Waals surface area contributed by atoms with Crippen molar-refractivity contribution in [1.29, 1.82) is 0 Å². The minimum Gasteiger partial charge on any atom is -0.476 e. The van der Waals surface area contributed by atoms with E-state index in [9.17, 15) is 4.79 Å². The van der Waals surface area contributed by atoms with Crippen molar-refractivity contribution in [2.75, 3.05) is 50.8 Å². The number of amides is 1. The Morgan fingerprint density at radius 3 is 2.47 bits per heavy atom. The number of pyridine rings is 2. The maximum Gasteiger partial charge on any atom is 0.410 e. The molecule has 3 saturated heterocycles. The largest absolute Gasteiger partial charge is 0.476 e. The van der Waals surface area contributed by atoms with Gasteiger partial charge in [-0.25, -0.2) is 9.78 Å². The third-order valence-corrected chi connectivity index (χ3v) is 7.57. The van der Waals surface area contributed by atoms with Crippen LogP contribution >= 0.6 is 15.9 Å². The number of halogens is 1. The Kier molecular flexibility index (Phi) is 6.35. The van der Waals surface area contributed by atoms with Crippen LogP contribution in [0.15, 0.2) is 22.8 Å². The van der Waals surface area contributed by atoms with Crippen LogP contribution in [0.5, 0.6) is 5.88 Å². The van der Waals surface area contributed by atoms with Crippen molar-refractivity contribution < 1.29 is 14.3 Å². The number of hydrogen-bond acceptors (Lipinski definition) is 7. The van der Waals surface area contributed by atoms with Crippen LogP contribution in [0, 0.1) is 0 Å². The van der Waals surface area contributed by atoms with Gasteiger partial charge in [-0.05, 0) is 81.5 Å². The van der Waals surface area contributed by atoms with Gasteiger partial charge in [0.2, 0.25) is 5.88 Å². The average Bonchev–Trinajstić information content (AvgIpc) is 3.36. The summed E-state index contributed by atoms with van der Waals surface area (Å²) in [5.74, 6) is 0.644. The summed E-state index contributed by atoms with van der Waals surface area (Å²) in [6.07, 6.45) is 6.45. The van der Waals surface area contributed by atoms with Gasteiger partial charge in [-0.15, -0.1) is 0 Å². The molecule has 3 aliphatic rings. The zero-order valence-electron chi connectivity index (χ0n) is 20.3. The highest BCUT2D eigenvalue weighted by molar-refractivity contribution is 9.10. The van der Waals surface area contributed by atoms with E-state index < -0.39 is 5.60 Å². The first-order valence-electron chi connectivity index (χ1n) is 12.3. The summed E-state index contributed by atoms with van der Waals surface area (Å²) < 4.78 is 12.8. The summed E-state index contributed by atoms with van der Waals surface area (Å²) in [4.78, 5) is 28.6. The van der Waals surface area contributed by atoms with Gasteiger partial charge in [0.25, 0.3) is 0 Å².